The number of likely N-dealkylation sites (tertiary alicyclic amines) is 2. The minimum atomic E-state index is -0.697. The van der Waals surface area contributed by atoms with Crippen LogP contribution in [0.1, 0.15) is 52.5 Å². The van der Waals surface area contributed by atoms with E-state index in [4.69, 9.17) is 16.3 Å². The number of aromatic nitrogens is 2. The van der Waals surface area contributed by atoms with Crippen LogP contribution in [-0.2, 0) is 9.53 Å². The van der Waals surface area contributed by atoms with Crippen molar-refractivity contribution in [1.29, 1.82) is 0 Å². The molecule has 2 atom stereocenters. The number of rotatable bonds is 3. The molecule has 1 N–H and O–H groups in total. The third-order valence-electron chi connectivity index (χ3n) is 6.30. The first-order valence-electron chi connectivity index (χ1n) is 12.2. The Bertz CT molecular complexity index is 1290. The highest BCUT2D eigenvalue weighted by Crippen LogP contribution is 2.36. The number of hydrogen-bond donors (Lipinski definition) is 1. The largest absolute Gasteiger partial charge is 0.444 e. The maximum Gasteiger partial charge on any atom is 0.410 e. The number of carbonyl (C=O) groups excluding carboxylic acids is 2. The summed E-state index contributed by atoms with van der Waals surface area (Å²) in [6.07, 6.45) is 5.33. The standard InChI is InChI=1S/C26H31ClFN5O3S/c1-15(34)33-11-6-7-17(33)8-9-18-21(19-13-29-23(27)20(28)22(19)31-24(18)37-5)30-16-10-12-32(14-16)25(35)36-26(2,3)4/h13,16-17H,6-7,10-12,14H2,1-5H3,(H,30,31). The molecule has 0 aliphatic carbocycles. The van der Waals surface area contributed by atoms with Crippen molar-refractivity contribution in [2.45, 2.75) is 69.7 Å². The minimum Gasteiger partial charge on any atom is -0.444 e. The van der Waals surface area contributed by atoms with Crippen molar-refractivity contribution >= 4 is 52.0 Å². The maximum absolute atomic E-state index is 15.0. The fourth-order valence-electron chi connectivity index (χ4n) is 4.58. The second-order valence-corrected chi connectivity index (χ2v) is 11.3. The van der Waals surface area contributed by atoms with Gasteiger partial charge in [-0.3, -0.25) is 4.79 Å². The number of halogens is 2. The average Bonchev–Trinajstić information content (AvgIpc) is 3.49. The zero-order valence-corrected chi connectivity index (χ0v) is 23.2. The molecule has 4 heterocycles. The summed E-state index contributed by atoms with van der Waals surface area (Å²) in [5.41, 5.74) is 0.713. The van der Waals surface area contributed by atoms with Crippen LogP contribution in [0.15, 0.2) is 11.2 Å². The third kappa shape index (κ3) is 6.04. The number of fused-ring (bicyclic) bond motifs is 1. The van der Waals surface area contributed by atoms with Gasteiger partial charge < -0.3 is 19.9 Å². The summed E-state index contributed by atoms with van der Waals surface area (Å²) < 4.78 is 20.5. The number of anilines is 1. The summed E-state index contributed by atoms with van der Waals surface area (Å²) >= 11 is 7.32. The van der Waals surface area contributed by atoms with Crippen molar-refractivity contribution in [3.8, 4) is 11.8 Å². The van der Waals surface area contributed by atoms with Crippen LogP contribution in [0.25, 0.3) is 10.9 Å². The summed E-state index contributed by atoms with van der Waals surface area (Å²) in [5, 5.41) is 4.24. The number of pyridine rings is 2. The van der Waals surface area contributed by atoms with Gasteiger partial charge in [-0.05, 0) is 46.3 Å². The lowest BCUT2D eigenvalue weighted by Crippen LogP contribution is -2.36. The van der Waals surface area contributed by atoms with Crippen molar-refractivity contribution < 1.29 is 18.7 Å². The molecule has 2 unspecified atom stereocenters. The Balaban J connectivity index is 1.73. The molecule has 0 bridgehead atoms. The Morgan fingerprint density at radius 1 is 1.30 bits per heavy atom. The van der Waals surface area contributed by atoms with E-state index in [0.717, 1.165) is 12.8 Å². The van der Waals surface area contributed by atoms with Gasteiger partial charge in [0.1, 0.15) is 16.1 Å². The van der Waals surface area contributed by atoms with E-state index in [2.05, 4.69) is 27.1 Å². The first-order chi connectivity index (χ1) is 17.5. The fourth-order valence-corrected chi connectivity index (χ4v) is 5.26. The summed E-state index contributed by atoms with van der Waals surface area (Å²) in [6.45, 7) is 8.68. The Morgan fingerprint density at radius 3 is 2.73 bits per heavy atom. The molecule has 198 valence electrons. The molecule has 2 saturated heterocycles. The summed E-state index contributed by atoms with van der Waals surface area (Å²) in [4.78, 5) is 36.6. The van der Waals surface area contributed by atoms with Crippen LogP contribution in [0.3, 0.4) is 0 Å². The fraction of sp³-hybridized carbons (Fsp3) is 0.538. The number of ether oxygens (including phenoxy) is 1. The molecule has 11 heteroatoms. The highest BCUT2D eigenvalue weighted by Gasteiger charge is 2.31. The molecule has 0 aromatic carbocycles. The number of thioether (sulfide) groups is 1. The molecule has 37 heavy (non-hydrogen) atoms. The summed E-state index contributed by atoms with van der Waals surface area (Å²) in [7, 11) is 0. The summed E-state index contributed by atoms with van der Waals surface area (Å²) in [6, 6.07) is -0.308. The van der Waals surface area contributed by atoms with E-state index in [1.54, 1.807) is 16.7 Å². The molecular formula is C26H31ClFN5O3S. The van der Waals surface area contributed by atoms with Gasteiger partial charge in [-0.2, -0.15) is 0 Å². The molecule has 0 spiro atoms. The number of nitrogens with one attached hydrogen (secondary N) is 1. The average molecular weight is 548 g/mol. The van der Waals surface area contributed by atoms with E-state index < -0.39 is 11.4 Å². The van der Waals surface area contributed by atoms with E-state index in [9.17, 15) is 14.0 Å². The quantitative estimate of drug-likeness (QED) is 0.331. The molecule has 4 rings (SSSR count). The smallest absolute Gasteiger partial charge is 0.410 e. The van der Waals surface area contributed by atoms with Gasteiger partial charge in [-0.25, -0.2) is 19.2 Å². The van der Waals surface area contributed by atoms with Crippen molar-refractivity contribution in [1.82, 2.24) is 19.8 Å². The van der Waals surface area contributed by atoms with Crippen molar-refractivity contribution in [2.75, 3.05) is 31.2 Å². The van der Waals surface area contributed by atoms with Gasteiger partial charge in [0, 0.05) is 44.2 Å². The Morgan fingerprint density at radius 2 is 2.05 bits per heavy atom. The predicted molar refractivity (Wildman–Crippen MR) is 143 cm³/mol. The van der Waals surface area contributed by atoms with Crippen LogP contribution in [0, 0.1) is 17.7 Å². The lowest BCUT2D eigenvalue weighted by molar-refractivity contribution is -0.128. The molecule has 2 amide bonds. The minimum absolute atomic E-state index is 0.00835. The van der Waals surface area contributed by atoms with Crippen LogP contribution < -0.4 is 5.32 Å². The molecule has 2 aliphatic heterocycles. The van der Waals surface area contributed by atoms with Crippen molar-refractivity contribution in [3.63, 3.8) is 0 Å². The second-order valence-electron chi connectivity index (χ2n) is 10.2. The van der Waals surface area contributed by atoms with Gasteiger partial charge in [-0.1, -0.05) is 23.4 Å². The highest BCUT2D eigenvalue weighted by atomic mass is 35.5. The third-order valence-corrected chi connectivity index (χ3v) is 7.25. The molecule has 0 radical (unpaired) electrons. The summed E-state index contributed by atoms with van der Waals surface area (Å²) in [5.74, 6) is 5.79. The van der Waals surface area contributed by atoms with Crippen LogP contribution in [0.4, 0.5) is 14.9 Å². The van der Waals surface area contributed by atoms with E-state index in [0.29, 0.717) is 47.7 Å². The predicted octanol–water partition coefficient (Wildman–Crippen LogP) is 4.93. The van der Waals surface area contributed by atoms with Crippen molar-refractivity contribution in [2.24, 2.45) is 0 Å². The zero-order chi connectivity index (χ0) is 26.9. The number of amides is 2. The molecule has 2 aromatic heterocycles. The molecule has 2 fully saturated rings. The van der Waals surface area contributed by atoms with Crippen LogP contribution in [0.2, 0.25) is 5.15 Å². The molecule has 0 saturated carbocycles. The second kappa shape index (κ2) is 10.9. The van der Waals surface area contributed by atoms with Gasteiger partial charge in [-0.15, -0.1) is 11.8 Å². The van der Waals surface area contributed by atoms with Crippen LogP contribution >= 0.6 is 23.4 Å². The van der Waals surface area contributed by atoms with E-state index in [1.165, 1.54) is 18.0 Å². The van der Waals surface area contributed by atoms with E-state index in [-0.39, 0.29) is 34.8 Å². The SMILES string of the molecule is CSc1nc2c(F)c(Cl)ncc2c(NC2CCN(C(=O)OC(C)(C)C)C2)c1C#CC1CCCN1C(C)=O. The monoisotopic (exact) mass is 547 g/mol. The van der Waals surface area contributed by atoms with Gasteiger partial charge in [0.25, 0.3) is 0 Å². The number of hydrogen-bond acceptors (Lipinski definition) is 7. The Kier molecular flexibility index (Phi) is 8.05. The van der Waals surface area contributed by atoms with Gasteiger partial charge >= 0.3 is 6.09 Å². The molecular weight excluding hydrogens is 517 g/mol. The van der Waals surface area contributed by atoms with Crippen LogP contribution in [-0.4, -0.2) is 75.3 Å². The number of nitrogens with zero attached hydrogens (tertiary/aromatic N) is 4. The molecule has 2 aliphatic rings. The molecule has 2 aromatic rings. The molecule has 8 nitrogen and oxygen atoms in total. The topological polar surface area (TPSA) is 87.7 Å². The highest BCUT2D eigenvalue weighted by molar-refractivity contribution is 7.98. The van der Waals surface area contributed by atoms with E-state index in [1.807, 2.05) is 27.0 Å². The number of carbonyl (C=O) groups is 2. The Labute approximate surface area is 225 Å². The first kappa shape index (κ1) is 27.3. The Hall–Kier alpha value is -2.77. The van der Waals surface area contributed by atoms with Gasteiger partial charge in [0.15, 0.2) is 11.0 Å². The maximum atomic E-state index is 15.0. The normalized spacial score (nSPS) is 19.6. The lowest BCUT2D eigenvalue weighted by atomic mass is 10.1. The van der Waals surface area contributed by atoms with Gasteiger partial charge in [0.2, 0.25) is 5.91 Å². The lowest BCUT2D eigenvalue weighted by Gasteiger charge is -2.25. The van der Waals surface area contributed by atoms with Crippen LogP contribution in [0.5, 0.6) is 0 Å². The van der Waals surface area contributed by atoms with Gasteiger partial charge in [0.05, 0.1) is 17.3 Å². The first-order valence-corrected chi connectivity index (χ1v) is 13.8. The van der Waals surface area contributed by atoms with E-state index >= 15 is 0 Å². The van der Waals surface area contributed by atoms with Crippen molar-refractivity contribution in [3.05, 3.63) is 22.7 Å². The zero-order valence-electron chi connectivity index (χ0n) is 21.7.